The van der Waals surface area contributed by atoms with Crippen LogP contribution in [0.4, 0.5) is 0 Å². The second-order valence-corrected chi connectivity index (χ2v) is 4.52. The van der Waals surface area contributed by atoms with Crippen molar-refractivity contribution in [2.75, 3.05) is 13.1 Å². The van der Waals surface area contributed by atoms with Gasteiger partial charge in [-0.3, -0.25) is 0 Å². The van der Waals surface area contributed by atoms with Crippen LogP contribution in [0.5, 0.6) is 0 Å². The van der Waals surface area contributed by atoms with E-state index in [2.05, 4.69) is 15.4 Å². The van der Waals surface area contributed by atoms with Crippen molar-refractivity contribution >= 4 is 5.65 Å². The second-order valence-electron chi connectivity index (χ2n) is 4.52. The van der Waals surface area contributed by atoms with E-state index in [-0.39, 0.29) is 0 Å². The quantitative estimate of drug-likeness (QED) is 0.796. The molecule has 3 heterocycles. The molecule has 0 spiro atoms. The van der Waals surface area contributed by atoms with Crippen LogP contribution in [0.15, 0.2) is 18.3 Å². The Morgan fingerprint density at radius 1 is 1.53 bits per heavy atom. The number of rotatable bonds is 2. The zero-order valence-corrected chi connectivity index (χ0v) is 9.76. The maximum Gasteiger partial charge on any atom is 0.160 e. The summed E-state index contributed by atoms with van der Waals surface area (Å²) in [6.07, 6.45) is 4.30. The van der Waals surface area contributed by atoms with Gasteiger partial charge in [-0.2, -0.15) is 5.10 Å². The Balaban J connectivity index is 2.00. The fourth-order valence-corrected chi connectivity index (χ4v) is 2.38. The average Bonchev–Trinajstić information content (AvgIpc) is 2.83. The van der Waals surface area contributed by atoms with Gasteiger partial charge in [0.2, 0.25) is 0 Å². The SMILES string of the molecule is NCc1cccn2nc(C3CCCNC3)nc12. The molecule has 5 heteroatoms. The van der Waals surface area contributed by atoms with Gasteiger partial charge in [0, 0.05) is 30.8 Å². The summed E-state index contributed by atoms with van der Waals surface area (Å²) in [5, 5.41) is 7.95. The maximum absolute atomic E-state index is 5.71. The zero-order valence-electron chi connectivity index (χ0n) is 9.76. The summed E-state index contributed by atoms with van der Waals surface area (Å²) in [5.74, 6) is 1.38. The number of piperidine rings is 1. The van der Waals surface area contributed by atoms with Gasteiger partial charge in [-0.05, 0) is 25.5 Å². The smallest absolute Gasteiger partial charge is 0.160 e. The lowest BCUT2D eigenvalue weighted by Crippen LogP contribution is -2.28. The zero-order chi connectivity index (χ0) is 11.7. The molecule has 1 saturated heterocycles. The Kier molecular flexibility index (Phi) is 2.78. The number of aromatic nitrogens is 3. The third-order valence-electron chi connectivity index (χ3n) is 3.34. The first kappa shape index (κ1) is 10.7. The highest BCUT2D eigenvalue weighted by Crippen LogP contribution is 2.21. The third kappa shape index (κ3) is 1.92. The minimum absolute atomic E-state index is 0.439. The summed E-state index contributed by atoms with van der Waals surface area (Å²) in [5.41, 5.74) is 7.66. The summed E-state index contributed by atoms with van der Waals surface area (Å²) in [7, 11) is 0. The monoisotopic (exact) mass is 231 g/mol. The van der Waals surface area contributed by atoms with Crippen LogP contribution in [-0.2, 0) is 6.54 Å². The molecule has 1 aliphatic rings. The summed E-state index contributed by atoms with van der Waals surface area (Å²) in [6, 6.07) is 3.97. The lowest BCUT2D eigenvalue weighted by Gasteiger charge is -2.19. The summed E-state index contributed by atoms with van der Waals surface area (Å²) < 4.78 is 1.84. The minimum atomic E-state index is 0.439. The molecule has 3 rings (SSSR count). The normalized spacial score (nSPS) is 20.9. The molecule has 0 amide bonds. The Morgan fingerprint density at radius 3 is 3.24 bits per heavy atom. The van der Waals surface area contributed by atoms with Crippen LogP contribution in [0.3, 0.4) is 0 Å². The Morgan fingerprint density at radius 2 is 2.47 bits per heavy atom. The molecule has 0 saturated carbocycles. The van der Waals surface area contributed by atoms with E-state index in [1.54, 1.807) is 0 Å². The molecule has 0 aromatic carbocycles. The fraction of sp³-hybridized carbons (Fsp3) is 0.500. The Hall–Kier alpha value is -1.46. The number of fused-ring (bicyclic) bond motifs is 1. The highest BCUT2D eigenvalue weighted by molar-refractivity contribution is 5.47. The predicted octanol–water partition coefficient (Wildman–Crippen LogP) is 0.655. The van der Waals surface area contributed by atoms with Crippen LogP contribution >= 0.6 is 0 Å². The molecule has 90 valence electrons. The van der Waals surface area contributed by atoms with E-state index in [0.29, 0.717) is 12.5 Å². The number of hydrogen-bond donors (Lipinski definition) is 2. The molecule has 17 heavy (non-hydrogen) atoms. The van der Waals surface area contributed by atoms with Gasteiger partial charge in [-0.1, -0.05) is 6.07 Å². The Labute approximate surface area is 100 Å². The number of nitrogens with one attached hydrogen (secondary N) is 1. The summed E-state index contributed by atoms with van der Waals surface area (Å²) >= 11 is 0. The van der Waals surface area contributed by atoms with E-state index in [0.717, 1.165) is 30.1 Å². The standard InChI is InChI=1S/C12H17N5/c13-7-9-4-2-6-17-12(9)15-11(16-17)10-3-1-5-14-8-10/h2,4,6,10,14H,1,3,5,7-8,13H2. The van der Waals surface area contributed by atoms with Crippen LogP contribution in [0.2, 0.25) is 0 Å². The first-order valence-corrected chi connectivity index (χ1v) is 6.13. The van der Waals surface area contributed by atoms with Crippen molar-refractivity contribution < 1.29 is 0 Å². The van der Waals surface area contributed by atoms with E-state index < -0.39 is 0 Å². The van der Waals surface area contributed by atoms with E-state index in [9.17, 15) is 0 Å². The van der Waals surface area contributed by atoms with Crippen molar-refractivity contribution in [3.63, 3.8) is 0 Å². The van der Waals surface area contributed by atoms with Crippen molar-refractivity contribution in [3.05, 3.63) is 29.7 Å². The van der Waals surface area contributed by atoms with Crippen LogP contribution in [-0.4, -0.2) is 27.7 Å². The number of nitrogens with two attached hydrogens (primary N) is 1. The van der Waals surface area contributed by atoms with Crippen LogP contribution in [0.25, 0.3) is 5.65 Å². The van der Waals surface area contributed by atoms with Gasteiger partial charge in [0.15, 0.2) is 11.5 Å². The molecule has 2 aromatic rings. The lowest BCUT2D eigenvalue weighted by atomic mass is 9.99. The molecule has 1 aliphatic heterocycles. The van der Waals surface area contributed by atoms with Gasteiger partial charge >= 0.3 is 0 Å². The molecule has 2 aromatic heterocycles. The molecule has 0 bridgehead atoms. The molecule has 1 fully saturated rings. The highest BCUT2D eigenvalue weighted by Gasteiger charge is 2.20. The summed E-state index contributed by atoms with van der Waals surface area (Å²) in [6.45, 7) is 2.60. The number of hydrogen-bond acceptors (Lipinski definition) is 4. The van der Waals surface area contributed by atoms with Crippen LogP contribution in [0.1, 0.15) is 30.1 Å². The van der Waals surface area contributed by atoms with Crippen LogP contribution < -0.4 is 11.1 Å². The number of pyridine rings is 1. The Bertz CT molecular complexity index is 513. The first-order chi connectivity index (χ1) is 8.38. The topological polar surface area (TPSA) is 68.2 Å². The predicted molar refractivity (Wildman–Crippen MR) is 65.7 cm³/mol. The van der Waals surface area contributed by atoms with Gasteiger partial charge in [-0.15, -0.1) is 0 Å². The molecule has 1 atom stereocenters. The molecule has 0 aliphatic carbocycles. The highest BCUT2D eigenvalue weighted by atomic mass is 15.3. The second kappa shape index (κ2) is 4.43. The van der Waals surface area contributed by atoms with Crippen molar-refractivity contribution in [1.29, 1.82) is 0 Å². The van der Waals surface area contributed by atoms with E-state index in [1.807, 2.05) is 22.8 Å². The van der Waals surface area contributed by atoms with Gasteiger partial charge in [0.1, 0.15) is 0 Å². The van der Waals surface area contributed by atoms with Gasteiger partial charge in [0.05, 0.1) is 0 Å². The van der Waals surface area contributed by atoms with Crippen molar-refractivity contribution in [1.82, 2.24) is 19.9 Å². The van der Waals surface area contributed by atoms with E-state index in [1.165, 1.54) is 12.8 Å². The summed E-state index contributed by atoms with van der Waals surface area (Å²) in [4.78, 5) is 4.64. The lowest BCUT2D eigenvalue weighted by molar-refractivity contribution is 0.447. The first-order valence-electron chi connectivity index (χ1n) is 6.13. The molecule has 1 unspecified atom stereocenters. The molecular formula is C12H17N5. The largest absolute Gasteiger partial charge is 0.326 e. The van der Waals surface area contributed by atoms with Crippen molar-refractivity contribution in [2.45, 2.75) is 25.3 Å². The average molecular weight is 231 g/mol. The van der Waals surface area contributed by atoms with E-state index in [4.69, 9.17) is 5.73 Å². The fourth-order valence-electron chi connectivity index (χ4n) is 2.38. The van der Waals surface area contributed by atoms with Crippen LogP contribution in [0, 0.1) is 0 Å². The number of nitrogens with zero attached hydrogens (tertiary/aromatic N) is 3. The molecule has 5 nitrogen and oxygen atoms in total. The molecule has 0 radical (unpaired) electrons. The molecule has 3 N–H and O–H groups in total. The van der Waals surface area contributed by atoms with E-state index >= 15 is 0 Å². The maximum atomic E-state index is 5.71. The molecular weight excluding hydrogens is 214 g/mol. The third-order valence-corrected chi connectivity index (χ3v) is 3.34. The van der Waals surface area contributed by atoms with Gasteiger partial charge in [-0.25, -0.2) is 9.50 Å². The van der Waals surface area contributed by atoms with Crippen molar-refractivity contribution in [3.8, 4) is 0 Å². The van der Waals surface area contributed by atoms with Gasteiger partial charge < -0.3 is 11.1 Å². The minimum Gasteiger partial charge on any atom is -0.326 e. The van der Waals surface area contributed by atoms with Gasteiger partial charge in [0.25, 0.3) is 0 Å². The van der Waals surface area contributed by atoms with Crippen molar-refractivity contribution in [2.24, 2.45) is 5.73 Å².